The third-order valence-corrected chi connectivity index (χ3v) is 12.3. The van der Waals surface area contributed by atoms with Gasteiger partial charge in [0.15, 0.2) is 0 Å². The molecule has 9 aromatic carbocycles. The monoisotopic (exact) mass is 796 g/mol. The summed E-state index contributed by atoms with van der Waals surface area (Å²) in [5, 5.41) is 19.7. The first kappa shape index (κ1) is 36.8. The molecule has 0 amide bonds. The maximum atomic E-state index is 8.49. The van der Waals surface area contributed by atoms with Crippen LogP contribution in [0.4, 0.5) is 17.1 Å². The molecule has 2 aliphatic rings. The molecule has 0 aromatic heterocycles. The number of para-hydroxylation sites is 3. The highest BCUT2D eigenvalue weighted by Gasteiger charge is 2.51. The number of amidine groups is 2. The van der Waals surface area contributed by atoms with E-state index in [4.69, 9.17) is 15.6 Å². The molecule has 0 saturated carbocycles. The Kier molecular flexibility index (Phi) is 8.94. The zero-order valence-corrected chi connectivity index (χ0v) is 33.7. The van der Waals surface area contributed by atoms with Gasteiger partial charge in [0.2, 0.25) is 0 Å². The van der Waals surface area contributed by atoms with Crippen molar-refractivity contribution in [2.24, 2.45) is 0 Å². The van der Waals surface area contributed by atoms with Gasteiger partial charge in [-0.05, 0) is 110 Å². The second-order valence-electron chi connectivity index (χ2n) is 15.7. The average Bonchev–Trinajstić information content (AvgIpc) is 3.63. The van der Waals surface area contributed by atoms with Crippen LogP contribution in [0.5, 0.6) is 11.5 Å². The van der Waals surface area contributed by atoms with Crippen molar-refractivity contribution < 1.29 is 4.74 Å². The summed E-state index contributed by atoms with van der Waals surface area (Å²) >= 11 is 0. The number of benzene rings is 9. The predicted molar refractivity (Wildman–Crippen MR) is 253 cm³/mol. The van der Waals surface area contributed by atoms with Gasteiger partial charge >= 0.3 is 0 Å². The van der Waals surface area contributed by atoms with Crippen molar-refractivity contribution in [1.29, 1.82) is 10.8 Å². The van der Waals surface area contributed by atoms with E-state index in [0.29, 0.717) is 5.56 Å². The first-order valence-electron chi connectivity index (χ1n) is 20.8. The highest BCUT2D eigenvalue weighted by molar-refractivity contribution is 6.12. The number of ether oxygens (including phenoxy) is 1. The lowest BCUT2D eigenvalue weighted by molar-refractivity contribution is 0.483. The molecule has 1 aliphatic carbocycles. The fraction of sp³-hybridized carbons (Fsp3) is 0.0175. The minimum absolute atomic E-state index is 0.183. The summed E-state index contributed by atoms with van der Waals surface area (Å²) < 4.78 is 6.35. The standard InChI is InChI=1S/C57H40N4O/c58-55(41-13-3-1-4-14-41)60-56(59)42-25-23-38(24-26-42)39-27-32-45(33-28-39)62-46-34-29-40(30-35-46)43-31-36-48-47-17-7-8-18-49(47)57(52(48)37-43)50-19-9-11-21-53(50)61(44-15-5-2-6-16-44)54-22-12-10-20-51(54)57/h1-37H,(H3,58,59,60). The van der Waals surface area contributed by atoms with Crippen molar-refractivity contribution in [3.63, 3.8) is 0 Å². The van der Waals surface area contributed by atoms with Gasteiger partial charge in [0.1, 0.15) is 23.2 Å². The van der Waals surface area contributed by atoms with Gasteiger partial charge in [0, 0.05) is 16.8 Å². The summed E-state index contributed by atoms with van der Waals surface area (Å²) in [6, 6.07) is 78.1. The molecule has 0 radical (unpaired) electrons. The Morgan fingerprint density at radius 1 is 0.387 bits per heavy atom. The molecule has 3 N–H and O–H groups in total. The molecule has 11 rings (SSSR count). The number of hydrogen-bond acceptors (Lipinski definition) is 4. The highest BCUT2D eigenvalue weighted by atomic mass is 16.5. The molecule has 0 saturated heterocycles. The lowest BCUT2D eigenvalue weighted by atomic mass is 9.64. The van der Waals surface area contributed by atoms with Crippen LogP contribution in [0.2, 0.25) is 0 Å². The van der Waals surface area contributed by atoms with Crippen molar-refractivity contribution in [3.05, 3.63) is 258 Å². The van der Waals surface area contributed by atoms with Crippen LogP contribution in [0.1, 0.15) is 33.4 Å². The third kappa shape index (κ3) is 6.10. The van der Waals surface area contributed by atoms with Gasteiger partial charge in [0.25, 0.3) is 0 Å². The Bertz CT molecular complexity index is 3090. The largest absolute Gasteiger partial charge is 0.457 e. The van der Waals surface area contributed by atoms with E-state index in [-0.39, 0.29) is 11.7 Å². The molecule has 294 valence electrons. The van der Waals surface area contributed by atoms with Crippen LogP contribution in [-0.2, 0) is 5.41 Å². The van der Waals surface area contributed by atoms with Crippen LogP contribution in [0.15, 0.2) is 224 Å². The van der Waals surface area contributed by atoms with Crippen molar-refractivity contribution in [3.8, 4) is 44.9 Å². The van der Waals surface area contributed by atoms with Crippen LogP contribution >= 0.6 is 0 Å². The number of anilines is 3. The minimum atomic E-state index is -0.509. The summed E-state index contributed by atoms with van der Waals surface area (Å²) in [6.07, 6.45) is 0. The molecule has 5 nitrogen and oxygen atoms in total. The highest BCUT2D eigenvalue weighted by Crippen LogP contribution is 2.63. The second kappa shape index (κ2) is 15.1. The van der Waals surface area contributed by atoms with Gasteiger partial charge in [0.05, 0.1) is 16.8 Å². The van der Waals surface area contributed by atoms with Gasteiger partial charge in [-0.3, -0.25) is 10.8 Å². The van der Waals surface area contributed by atoms with Crippen LogP contribution in [0.25, 0.3) is 33.4 Å². The summed E-state index contributed by atoms with van der Waals surface area (Å²) in [5.74, 6) is 1.89. The maximum Gasteiger partial charge on any atom is 0.131 e. The van der Waals surface area contributed by atoms with E-state index in [2.05, 4.69) is 144 Å². The lowest BCUT2D eigenvalue weighted by Gasteiger charge is -2.45. The molecular weight excluding hydrogens is 757 g/mol. The molecule has 5 heteroatoms. The zero-order chi connectivity index (χ0) is 41.6. The van der Waals surface area contributed by atoms with E-state index in [1.165, 1.54) is 44.8 Å². The SMILES string of the molecule is N=C(NC(=N)c1ccc(-c2ccc(Oc3ccc(-c4ccc5c(c4)C4(c6ccccc6-5)c5ccccc5N(c5ccccc5)c5ccccc54)cc3)cc2)cc1)c1ccccc1. The van der Waals surface area contributed by atoms with Crippen molar-refractivity contribution in [2.45, 2.75) is 5.41 Å². The Labute approximate surface area is 361 Å². The number of fused-ring (bicyclic) bond motifs is 9. The molecule has 0 bridgehead atoms. The number of hydrogen-bond donors (Lipinski definition) is 3. The molecule has 1 aliphatic heterocycles. The summed E-state index contributed by atoms with van der Waals surface area (Å²) in [5.41, 5.74) is 16.5. The van der Waals surface area contributed by atoms with Crippen LogP contribution < -0.4 is 15.0 Å². The zero-order valence-electron chi connectivity index (χ0n) is 33.7. The van der Waals surface area contributed by atoms with E-state index >= 15 is 0 Å². The topological polar surface area (TPSA) is 72.2 Å². The van der Waals surface area contributed by atoms with Gasteiger partial charge in [-0.15, -0.1) is 0 Å². The third-order valence-electron chi connectivity index (χ3n) is 12.3. The van der Waals surface area contributed by atoms with Crippen LogP contribution in [0, 0.1) is 10.8 Å². The number of nitrogens with one attached hydrogen (secondary N) is 3. The molecular formula is C57H40N4O. The van der Waals surface area contributed by atoms with Gasteiger partial charge in [-0.2, -0.15) is 0 Å². The minimum Gasteiger partial charge on any atom is -0.457 e. The summed E-state index contributed by atoms with van der Waals surface area (Å²) in [4.78, 5) is 2.42. The molecule has 0 unspecified atom stereocenters. The number of nitrogens with zero attached hydrogens (tertiary/aromatic N) is 1. The van der Waals surface area contributed by atoms with Gasteiger partial charge in [-0.1, -0.05) is 170 Å². The second-order valence-corrected chi connectivity index (χ2v) is 15.7. The molecule has 62 heavy (non-hydrogen) atoms. The Morgan fingerprint density at radius 2 is 0.823 bits per heavy atom. The van der Waals surface area contributed by atoms with Crippen molar-refractivity contribution >= 4 is 28.7 Å². The van der Waals surface area contributed by atoms with Crippen molar-refractivity contribution in [2.75, 3.05) is 4.90 Å². The normalized spacial score (nSPS) is 12.7. The van der Waals surface area contributed by atoms with E-state index < -0.39 is 5.41 Å². The van der Waals surface area contributed by atoms with Crippen LogP contribution in [0.3, 0.4) is 0 Å². The van der Waals surface area contributed by atoms with Gasteiger partial charge in [-0.25, -0.2) is 0 Å². The lowest BCUT2D eigenvalue weighted by Crippen LogP contribution is -2.36. The fourth-order valence-electron chi connectivity index (χ4n) is 9.41. The predicted octanol–water partition coefficient (Wildman–Crippen LogP) is 13.9. The Morgan fingerprint density at radius 3 is 1.42 bits per heavy atom. The summed E-state index contributed by atoms with van der Waals surface area (Å²) in [7, 11) is 0. The molecule has 1 heterocycles. The quantitative estimate of drug-likeness (QED) is 0.111. The van der Waals surface area contributed by atoms with Crippen LogP contribution in [-0.4, -0.2) is 11.7 Å². The molecule has 1 spiro atoms. The smallest absolute Gasteiger partial charge is 0.131 e. The van der Waals surface area contributed by atoms with Crippen molar-refractivity contribution in [1.82, 2.24) is 5.32 Å². The average molecular weight is 797 g/mol. The first-order valence-corrected chi connectivity index (χ1v) is 20.8. The first-order chi connectivity index (χ1) is 30.6. The molecule has 0 atom stereocenters. The van der Waals surface area contributed by atoms with E-state index in [1.54, 1.807) is 0 Å². The Balaban J connectivity index is 0.868. The van der Waals surface area contributed by atoms with E-state index in [1.807, 2.05) is 91.0 Å². The number of rotatable bonds is 7. The molecule has 9 aromatic rings. The Hall–Kier alpha value is -8.28. The maximum absolute atomic E-state index is 8.49. The summed E-state index contributed by atoms with van der Waals surface area (Å²) in [6.45, 7) is 0. The van der Waals surface area contributed by atoms with Gasteiger partial charge < -0.3 is 15.0 Å². The van der Waals surface area contributed by atoms with E-state index in [0.717, 1.165) is 45.0 Å². The van der Waals surface area contributed by atoms with E-state index in [9.17, 15) is 0 Å². The molecule has 0 fully saturated rings. The fourth-order valence-corrected chi connectivity index (χ4v) is 9.41.